The summed E-state index contributed by atoms with van der Waals surface area (Å²) < 4.78 is 0. The third-order valence-electron chi connectivity index (χ3n) is 2.84. The van der Waals surface area contributed by atoms with Gasteiger partial charge < -0.3 is 5.32 Å². The normalized spacial score (nSPS) is 13.4. The monoisotopic (exact) mass is 231 g/mol. The summed E-state index contributed by atoms with van der Waals surface area (Å²) in [6, 6.07) is 10.7. The molecule has 1 rings (SSSR count). The maximum atomic E-state index is 3.41. The highest BCUT2D eigenvalue weighted by atomic mass is 14.8. The standard InChI is InChI=1S/C16H25N/c1-14(2)13-17-12-8-7-9-15(3)16-10-5-4-6-11-16/h4-8,10-11,14-15,17H,9,12-13H2,1-3H3/b8-7+. The van der Waals surface area contributed by atoms with E-state index in [2.05, 4.69) is 68.6 Å². The second kappa shape index (κ2) is 8.08. The van der Waals surface area contributed by atoms with Crippen LogP contribution in [0.1, 0.15) is 38.7 Å². The lowest BCUT2D eigenvalue weighted by Gasteiger charge is -2.08. The van der Waals surface area contributed by atoms with Gasteiger partial charge in [-0.2, -0.15) is 0 Å². The minimum atomic E-state index is 0.609. The zero-order chi connectivity index (χ0) is 12.5. The van der Waals surface area contributed by atoms with Crippen LogP contribution < -0.4 is 5.32 Å². The first-order valence-corrected chi connectivity index (χ1v) is 6.60. The molecule has 0 aromatic heterocycles. The Morgan fingerprint density at radius 2 is 1.76 bits per heavy atom. The van der Waals surface area contributed by atoms with Crippen molar-refractivity contribution in [3.8, 4) is 0 Å². The number of benzene rings is 1. The lowest BCUT2D eigenvalue weighted by molar-refractivity contribution is 0.576. The first-order chi connectivity index (χ1) is 8.20. The summed E-state index contributed by atoms with van der Waals surface area (Å²) in [6.07, 6.45) is 5.64. The number of hydrogen-bond acceptors (Lipinski definition) is 1. The van der Waals surface area contributed by atoms with E-state index in [4.69, 9.17) is 0 Å². The van der Waals surface area contributed by atoms with Gasteiger partial charge in [0.15, 0.2) is 0 Å². The summed E-state index contributed by atoms with van der Waals surface area (Å²) in [5, 5.41) is 3.41. The van der Waals surface area contributed by atoms with Gasteiger partial charge in [0.2, 0.25) is 0 Å². The molecule has 1 nitrogen and oxygen atoms in total. The molecule has 17 heavy (non-hydrogen) atoms. The largest absolute Gasteiger partial charge is 0.313 e. The predicted molar refractivity (Wildman–Crippen MR) is 76.3 cm³/mol. The molecule has 0 aliphatic heterocycles. The predicted octanol–water partition coefficient (Wildman–Crippen LogP) is 3.98. The van der Waals surface area contributed by atoms with Crippen molar-refractivity contribution in [3.05, 3.63) is 48.0 Å². The van der Waals surface area contributed by atoms with Crippen molar-refractivity contribution in [2.24, 2.45) is 5.92 Å². The van der Waals surface area contributed by atoms with Gasteiger partial charge in [0.1, 0.15) is 0 Å². The molecule has 0 bridgehead atoms. The zero-order valence-corrected chi connectivity index (χ0v) is 11.3. The van der Waals surface area contributed by atoms with Crippen molar-refractivity contribution < 1.29 is 0 Å². The fourth-order valence-electron chi connectivity index (χ4n) is 1.76. The summed E-state index contributed by atoms with van der Waals surface area (Å²) in [5.74, 6) is 1.34. The van der Waals surface area contributed by atoms with Gasteiger partial charge in [-0.1, -0.05) is 63.3 Å². The van der Waals surface area contributed by atoms with Crippen molar-refractivity contribution in [3.63, 3.8) is 0 Å². The Bertz CT molecular complexity index is 314. The van der Waals surface area contributed by atoms with Gasteiger partial charge in [0.05, 0.1) is 0 Å². The summed E-state index contributed by atoms with van der Waals surface area (Å²) in [6.45, 7) is 8.82. The lowest BCUT2D eigenvalue weighted by Crippen LogP contribution is -2.19. The minimum absolute atomic E-state index is 0.609. The van der Waals surface area contributed by atoms with Crippen molar-refractivity contribution in [1.29, 1.82) is 0 Å². The average Bonchev–Trinajstić information content (AvgIpc) is 2.34. The van der Waals surface area contributed by atoms with Gasteiger partial charge in [-0.25, -0.2) is 0 Å². The Morgan fingerprint density at radius 3 is 2.41 bits per heavy atom. The third-order valence-corrected chi connectivity index (χ3v) is 2.84. The van der Waals surface area contributed by atoms with Crippen LogP contribution in [0.5, 0.6) is 0 Å². The first kappa shape index (κ1) is 14.0. The number of rotatable bonds is 7. The van der Waals surface area contributed by atoms with Gasteiger partial charge >= 0.3 is 0 Å². The Kier molecular flexibility index (Phi) is 6.64. The molecule has 0 radical (unpaired) electrons. The molecule has 0 aliphatic rings. The van der Waals surface area contributed by atoms with E-state index >= 15 is 0 Å². The van der Waals surface area contributed by atoms with Crippen LogP contribution in [0.2, 0.25) is 0 Å². The Hall–Kier alpha value is -1.08. The fraction of sp³-hybridized carbons (Fsp3) is 0.500. The van der Waals surface area contributed by atoms with Gasteiger partial charge in [-0.3, -0.25) is 0 Å². The van der Waals surface area contributed by atoms with Crippen molar-refractivity contribution in [1.82, 2.24) is 5.32 Å². The highest BCUT2D eigenvalue weighted by Gasteiger charge is 2.01. The average molecular weight is 231 g/mol. The number of hydrogen-bond donors (Lipinski definition) is 1. The molecule has 1 aromatic rings. The molecule has 1 heteroatoms. The van der Waals surface area contributed by atoms with E-state index in [1.165, 1.54) is 5.56 Å². The van der Waals surface area contributed by atoms with E-state index in [1.807, 2.05) is 0 Å². The van der Waals surface area contributed by atoms with Gasteiger partial charge in [0.25, 0.3) is 0 Å². The second-order valence-electron chi connectivity index (χ2n) is 5.07. The van der Waals surface area contributed by atoms with Crippen molar-refractivity contribution in [2.75, 3.05) is 13.1 Å². The summed E-state index contributed by atoms with van der Waals surface area (Å²) in [5.41, 5.74) is 1.42. The maximum absolute atomic E-state index is 3.41. The number of nitrogens with one attached hydrogen (secondary N) is 1. The minimum Gasteiger partial charge on any atom is -0.313 e. The molecule has 94 valence electrons. The van der Waals surface area contributed by atoms with E-state index in [0.717, 1.165) is 25.4 Å². The molecule has 0 spiro atoms. The topological polar surface area (TPSA) is 12.0 Å². The van der Waals surface area contributed by atoms with Gasteiger partial charge in [-0.05, 0) is 30.4 Å². The molecule has 0 aliphatic carbocycles. The zero-order valence-electron chi connectivity index (χ0n) is 11.3. The summed E-state index contributed by atoms with van der Waals surface area (Å²) >= 11 is 0. The first-order valence-electron chi connectivity index (χ1n) is 6.60. The Balaban J connectivity index is 2.20. The van der Waals surface area contributed by atoms with E-state index < -0.39 is 0 Å². The quantitative estimate of drug-likeness (QED) is 0.553. The summed E-state index contributed by atoms with van der Waals surface area (Å²) in [4.78, 5) is 0. The van der Waals surface area contributed by atoms with Crippen LogP contribution in [0.4, 0.5) is 0 Å². The molecule has 1 atom stereocenters. The molecule has 0 saturated carbocycles. The molecule has 1 aromatic carbocycles. The Labute approximate surface area is 106 Å². The molecule has 0 amide bonds. The molecule has 0 heterocycles. The molecule has 1 unspecified atom stereocenters. The highest BCUT2D eigenvalue weighted by Crippen LogP contribution is 2.18. The number of allylic oxidation sites excluding steroid dienone is 1. The van der Waals surface area contributed by atoms with E-state index in [9.17, 15) is 0 Å². The van der Waals surface area contributed by atoms with Crippen LogP contribution in [-0.4, -0.2) is 13.1 Å². The van der Waals surface area contributed by atoms with Crippen LogP contribution in [0.3, 0.4) is 0 Å². The maximum Gasteiger partial charge on any atom is 0.0135 e. The van der Waals surface area contributed by atoms with Crippen molar-refractivity contribution in [2.45, 2.75) is 33.1 Å². The van der Waals surface area contributed by atoms with Crippen LogP contribution in [0.25, 0.3) is 0 Å². The van der Waals surface area contributed by atoms with Gasteiger partial charge in [-0.15, -0.1) is 0 Å². The SMILES string of the molecule is CC(C)CNC/C=C/CC(C)c1ccccc1. The van der Waals surface area contributed by atoms with E-state index in [-0.39, 0.29) is 0 Å². The molecular formula is C16H25N. The molecule has 0 fully saturated rings. The Morgan fingerprint density at radius 1 is 1.06 bits per heavy atom. The van der Waals surface area contributed by atoms with Crippen LogP contribution in [0.15, 0.2) is 42.5 Å². The molecule has 0 saturated heterocycles. The van der Waals surface area contributed by atoms with Gasteiger partial charge in [0, 0.05) is 6.54 Å². The third kappa shape index (κ3) is 6.28. The molecule has 1 N–H and O–H groups in total. The van der Waals surface area contributed by atoms with Crippen LogP contribution in [0, 0.1) is 5.92 Å². The summed E-state index contributed by atoms with van der Waals surface area (Å²) in [7, 11) is 0. The second-order valence-corrected chi connectivity index (χ2v) is 5.07. The molecular weight excluding hydrogens is 206 g/mol. The van der Waals surface area contributed by atoms with Crippen LogP contribution in [-0.2, 0) is 0 Å². The lowest BCUT2D eigenvalue weighted by atomic mass is 9.98. The smallest absolute Gasteiger partial charge is 0.0135 e. The van der Waals surface area contributed by atoms with E-state index in [0.29, 0.717) is 5.92 Å². The van der Waals surface area contributed by atoms with E-state index in [1.54, 1.807) is 0 Å². The highest BCUT2D eigenvalue weighted by molar-refractivity contribution is 5.19. The van der Waals surface area contributed by atoms with Crippen molar-refractivity contribution >= 4 is 0 Å². The van der Waals surface area contributed by atoms with Crippen LogP contribution >= 0.6 is 0 Å². The fourth-order valence-corrected chi connectivity index (χ4v) is 1.76.